The highest BCUT2D eigenvalue weighted by Crippen LogP contribution is 2.28. The Bertz CT molecular complexity index is 1310. The zero-order chi connectivity index (χ0) is 22.7. The third kappa shape index (κ3) is 4.14. The summed E-state index contributed by atoms with van der Waals surface area (Å²) in [6, 6.07) is 17.0. The van der Waals surface area contributed by atoms with E-state index in [9.17, 15) is 9.59 Å². The van der Waals surface area contributed by atoms with Crippen molar-refractivity contribution in [3.63, 3.8) is 0 Å². The Morgan fingerprint density at radius 2 is 1.81 bits per heavy atom. The Kier molecular flexibility index (Phi) is 6.07. The molecule has 0 unspecified atom stereocenters. The topological polar surface area (TPSA) is 78.2 Å². The Balaban J connectivity index is 1.76. The van der Waals surface area contributed by atoms with E-state index >= 15 is 0 Å². The van der Waals surface area contributed by atoms with Crippen LogP contribution in [-0.4, -0.2) is 26.6 Å². The maximum absolute atomic E-state index is 13.3. The summed E-state index contributed by atoms with van der Waals surface area (Å²) in [5.41, 5.74) is 3.17. The number of carbonyl (C=O) groups is 1. The molecular formula is C25H26N4O3. The minimum Gasteiger partial charge on any atom is -0.492 e. The molecule has 0 aliphatic heterocycles. The number of aromatic nitrogens is 3. The molecule has 2 aromatic carbocycles. The lowest BCUT2D eigenvalue weighted by Crippen LogP contribution is -2.26. The fourth-order valence-electron chi connectivity index (χ4n) is 3.71. The number of para-hydroxylation sites is 2. The number of benzene rings is 2. The molecule has 4 rings (SSSR count). The highest BCUT2D eigenvalue weighted by atomic mass is 16.5. The second-order valence-corrected chi connectivity index (χ2v) is 7.76. The lowest BCUT2D eigenvalue weighted by molar-refractivity contribution is -0.116. The van der Waals surface area contributed by atoms with Crippen LogP contribution in [0.15, 0.2) is 71.9 Å². The van der Waals surface area contributed by atoms with E-state index in [0.29, 0.717) is 29.1 Å². The van der Waals surface area contributed by atoms with Crippen molar-refractivity contribution >= 4 is 22.6 Å². The van der Waals surface area contributed by atoms with Crippen LogP contribution in [0.5, 0.6) is 5.75 Å². The Morgan fingerprint density at radius 1 is 1.09 bits per heavy atom. The van der Waals surface area contributed by atoms with Crippen LogP contribution in [0.25, 0.3) is 22.2 Å². The van der Waals surface area contributed by atoms with Gasteiger partial charge in [0.1, 0.15) is 23.3 Å². The predicted octanol–water partition coefficient (Wildman–Crippen LogP) is 4.48. The number of nitrogens with zero attached hydrogens (tertiary/aromatic N) is 3. The molecule has 2 heterocycles. The minimum atomic E-state index is -0.256. The van der Waals surface area contributed by atoms with Crippen molar-refractivity contribution in [2.45, 2.75) is 33.4 Å². The van der Waals surface area contributed by atoms with Gasteiger partial charge in [-0.05, 0) is 38.5 Å². The second-order valence-electron chi connectivity index (χ2n) is 7.76. The number of amides is 1. The van der Waals surface area contributed by atoms with Crippen molar-refractivity contribution in [2.24, 2.45) is 0 Å². The van der Waals surface area contributed by atoms with Crippen molar-refractivity contribution in [3.8, 4) is 16.9 Å². The normalized spacial score (nSPS) is 11.1. The summed E-state index contributed by atoms with van der Waals surface area (Å²) in [6.45, 7) is 6.22. The van der Waals surface area contributed by atoms with Gasteiger partial charge in [0.05, 0.1) is 18.6 Å². The minimum absolute atomic E-state index is 0.0250. The van der Waals surface area contributed by atoms with Gasteiger partial charge in [0.25, 0.3) is 5.56 Å². The number of anilines is 1. The molecule has 0 saturated heterocycles. The summed E-state index contributed by atoms with van der Waals surface area (Å²) in [5.74, 6) is 0.350. The van der Waals surface area contributed by atoms with Gasteiger partial charge in [0.2, 0.25) is 5.91 Å². The van der Waals surface area contributed by atoms with Gasteiger partial charge in [-0.15, -0.1) is 0 Å². The highest BCUT2D eigenvalue weighted by Gasteiger charge is 2.19. The van der Waals surface area contributed by atoms with E-state index < -0.39 is 0 Å². The van der Waals surface area contributed by atoms with Gasteiger partial charge in [-0.1, -0.05) is 42.5 Å². The first-order valence-corrected chi connectivity index (χ1v) is 10.7. The van der Waals surface area contributed by atoms with Gasteiger partial charge in [0, 0.05) is 17.8 Å². The van der Waals surface area contributed by atoms with E-state index in [-0.39, 0.29) is 24.1 Å². The van der Waals surface area contributed by atoms with Gasteiger partial charge in [0.15, 0.2) is 0 Å². The van der Waals surface area contributed by atoms with Gasteiger partial charge >= 0.3 is 0 Å². The molecule has 0 spiro atoms. The van der Waals surface area contributed by atoms with Crippen molar-refractivity contribution < 1.29 is 9.53 Å². The number of ether oxygens (including phenoxy) is 1. The van der Waals surface area contributed by atoms with E-state index in [1.807, 2.05) is 75.5 Å². The first kappa shape index (κ1) is 21.4. The van der Waals surface area contributed by atoms with Crippen LogP contribution in [-0.2, 0) is 11.3 Å². The lowest BCUT2D eigenvalue weighted by atomic mass is 10.1. The summed E-state index contributed by atoms with van der Waals surface area (Å²) >= 11 is 0. The Hall–Kier alpha value is -3.87. The van der Waals surface area contributed by atoms with Crippen LogP contribution in [0, 0.1) is 0 Å². The average Bonchev–Trinajstić information content (AvgIpc) is 3.15. The number of hydrogen-bond acceptors (Lipinski definition) is 4. The van der Waals surface area contributed by atoms with Crippen LogP contribution < -0.4 is 15.6 Å². The first-order chi connectivity index (χ1) is 15.5. The second kappa shape index (κ2) is 9.09. The van der Waals surface area contributed by atoms with Gasteiger partial charge in [-0.2, -0.15) is 0 Å². The van der Waals surface area contributed by atoms with E-state index in [2.05, 4.69) is 10.3 Å². The van der Waals surface area contributed by atoms with E-state index in [1.54, 1.807) is 21.5 Å². The van der Waals surface area contributed by atoms with E-state index in [1.165, 1.54) is 0 Å². The fourth-order valence-corrected chi connectivity index (χ4v) is 3.71. The summed E-state index contributed by atoms with van der Waals surface area (Å²) in [6.07, 6.45) is 3.40. The van der Waals surface area contributed by atoms with Crippen LogP contribution in [0.2, 0.25) is 0 Å². The zero-order valence-corrected chi connectivity index (χ0v) is 18.4. The fraction of sp³-hybridized carbons (Fsp3) is 0.240. The van der Waals surface area contributed by atoms with Crippen molar-refractivity contribution in [1.29, 1.82) is 0 Å². The number of carbonyl (C=O) groups excluding carboxylic acids is 1. The molecule has 4 aromatic rings. The molecule has 0 radical (unpaired) electrons. The largest absolute Gasteiger partial charge is 0.492 e. The molecule has 1 N–H and O–H groups in total. The third-order valence-electron chi connectivity index (χ3n) is 5.22. The van der Waals surface area contributed by atoms with Crippen LogP contribution >= 0.6 is 0 Å². The molecule has 0 fully saturated rings. The number of hydrogen-bond donors (Lipinski definition) is 1. The summed E-state index contributed by atoms with van der Waals surface area (Å²) in [7, 11) is 0. The standard InChI is InChI=1S/C25H26N4O3/c1-4-32-21-13-9-8-12-20(21)27-22(30)15-28-14-19(18-10-6-5-7-11-18)23-24(28)25(31)29(16-26-23)17(2)3/h5-14,16-17H,4,15H2,1-3H3,(H,27,30). The number of rotatable bonds is 7. The smallest absolute Gasteiger partial charge is 0.278 e. The molecule has 32 heavy (non-hydrogen) atoms. The molecule has 0 bridgehead atoms. The van der Waals surface area contributed by atoms with Crippen molar-refractivity contribution in [2.75, 3.05) is 11.9 Å². The molecule has 0 aliphatic rings. The van der Waals surface area contributed by atoms with Gasteiger partial charge in [-0.25, -0.2) is 4.98 Å². The zero-order valence-electron chi connectivity index (χ0n) is 18.4. The van der Waals surface area contributed by atoms with Crippen LogP contribution in [0.1, 0.15) is 26.8 Å². The molecule has 7 heteroatoms. The van der Waals surface area contributed by atoms with Gasteiger partial charge < -0.3 is 14.6 Å². The molecular weight excluding hydrogens is 404 g/mol. The first-order valence-electron chi connectivity index (χ1n) is 10.7. The molecule has 0 aliphatic carbocycles. The number of fused-ring (bicyclic) bond motifs is 1. The number of nitrogens with one attached hydrogen (secondary N) is 1. The molecule has 1 amide bonds. The van der Waals surface area contributed by atoms with Crippen LogP contribution in [0.4, 0.5) is 5.69 Å². The molecule has 0 saturated carbocycles. The summed E-state index contributed by atoms with van der Waals surface area (Å²) < 4.78 is 8.86. The van der Waals surface area contributed by atoms with Gasteiger partial charge in [-0.3, -0.25) is 14.2 Å². The predicted molar refractivity (Wildman–Crippen MR) is 126 cm³/mol. The Labute approximate surface area is 186 Å². The van der Waals surface area contributed by atoms with Crippen LogP contribution in [0.3, 0.4) is 0 Å². The quantitative estimate of drug-likeness (QED) is 0.469. The van der Waals surface area contributed by atoms with Crippen molar-refractivity contribution in [3.05, 3.63) is 77.5 Å². The molecule has 7 nitrogen and oxygen atoms in total. The Morgan fingerprint density at radius 3 is 2.53 bits per heavy atom. The summed E-state index contributed by atoms with van der Waals surface area (Å²) in [5, 5.41) is 2.90. The SMILES string of the molecule is CCOc1ccccc1NC(=O)Cn1cc(-c2ccccc2)c2ncn(C(C)C)c(=O)c21. The molecule has 2 aromatic heterocycles. The molecule has 164 valence electrons. The summed E-state index contributed by atoms with van der Waals surface area (Å²) in [4.78, 5) is 30.8. The monoisotopic (exact) mass is 430 g/mol. The maximum atomic E-state index is 13.3. The van der Waals surface area contributed by atoms with Crippen molar-refractivity contribution in [1.82, 2.24) is 14.1 Å². The molecule has 0 atom stereocenters. The van der Waals surface area contributed by atoms with E-state index in [0.717, 1.165) is 11.1 Å². The average molecular weight is 431 g/mol. The third-order valence-corrected chi connectivity index (χ3v) is 5.22. The highest BCUT2D eigenvalue weighted by molar-refractivity contribution is 5.96. The maximum Gasteiger partial charge on any atom is 0.278 e. The lowest BCUT2D eigenvalue weighted by Gasteiger charge is -2.12. The van der Waals surface area contributed by atoms with E-state index in [4.69, 9.17) is 4.74 Å².